The van der Waals surface area contributed by atoms with Crippen LogP contribution in [-0.2, 0) is 14.3 Å². The van der Waals surface area contributed by atoms with Gasteiger partial charge in [-0.2, -0.15) is 0 Å². The predicted octanol–water partition coefficient (Wildman–Crippen LogP) is 4.33. The Morgan fingerprint density at radius 2 is 1.85 bits per heavy atom. The van der Waals surface area contributed by atoms with Crippen molar-refractivity contribution >= 4 is 39.7 Å². The zero-order valence-electron chi connectivity index (χ0n) is 22.5. The number of carbonyl (C=O) groups is 3. The minimum absolute atomic E-state index is 0.127. The molecule has 2 aromatic carbocycles. The number of aryl methyl sites for hydroxylation is 1. The van der Waals surface area contributed by atoms with E-state index in [1.54, 1.807) is 48.7 Å². The third-order valence-corrected chi connectivity index (χ3v) is 7.39. The van der Waals surface area contributed by atoms with Crippen LogP contribution in [0, 0.1) is 12.8 Å². The molecule has 2 unspecified atom stereocenters. The Bertz CT molecular complexity index is 1620. The first-order valence-electron chi connectivity index (χ1n) is 13.5. The second-order valence-corrected chi connectivity index (χ2v) is 9.98. The maximum Gasteiger partial charge on any atom is 0.344 e. The van der Waals surface area contributed by atoms with Gasteiger partial charge in [0.1, 0.15) is 16.7 Å². The van der Waals surface area contributed by atoms with Gasteiger partial charge in [0.2, 0.25) is 0 Å². The molecule has 2 atom stereocenters. The topological polar surface area (TPSA) is 130 Å². The highest BCUT2D eigenvalue weighted by atomic mass is 16.6. The molecule has 208 valence electrons. The molecule has 10 heteroatoms. The van der Waals surface area contributed by atoms with Crippen molar-refractivity contribution in [2.45, 2.75) is 45.6 Å². The molecular weight excluding hydrogens is 514 g/mol. The van der Waals surface area contributed by atoms with Crippen LogP contribution in [0.1, 0.15) is 65.1 Å². The molecule has 1 aliphatic rings. The van der Waals surface area contributed by atoms with E-state index in [9.17, 15) is 19.2 Å². The summed E-state index contributed by atoms with van der Waals surface area (Å²) in [5, 5.41) is 7.89. The highest BCUT2D eigenvalue weighted by Crippen LogP contribution is 2.36. The number of aromatic nitrogens is 2. The van der Waals surface area contributed by atoms with E-state index < -0.39 is 18.5 Å². The molecular formula is C30H31N3O7. The van der Waals surface area contributed by atoms with Gasteiger partial charge in [0.15, 0.2) is 6.61 Å². The molecule has 10 nitrogen and oxygen atoms in total. The summed E-state index contributed by atoms with van der Waals surface area (Å²) in [6.45, 7) is 3.48. The van der Waals surface area contributed by atoms with E-state index in [0.29, 0.717) is 40.6 Å². The van der Waals surface area contributed by atoms with Crippen LogP contribution in [0.15, 0.2) is 57.8 Å². The van der Waals surface area contributed by atoms with E-state index in [-0.39, 0.29) is 41.1 Å². The van der Waals surface area contributed by atoms with Crippen molar-refractivity contribution < 1.29 is 28.4 Å². The van der Waals surface area contributed by atoms with Gasteiger partial charge < -0.3 is 23.9 Å². The van der Waals surface area contributed by atoms with Crippen molar-refractivity contribution in [2.75, 3.05) is 19.8 Å². The Balaban J connectivity index is 1.48. The van der Waals surface area contributed by atoms with Crippen molar-refractivity contribution in [3.8, 4) is 0 Å². The second kappa shape index (κ2) is 11.7. The number of pyridine rings is 1. The second-order valence-electron chi connectivity index (χ2n) is 9.98. The van der Waals surface area contributed by atoms with E-state index in [4.69, 9.17) is 14.0 Å². The van der Waals surface area contributed by atoms with Gasteiger partial charge in [-0.1, -0.05) is 35.8 Å². The molecule has 2 heterocycles. The first kappa shape index (κ1) is 27.1. The molecule has 1 amide bonds. The molecule has 1 fully saturated rings. The van der Waals surface area contributed by atoms with Gasteiger partial charge in [0.05, 0.1) is 17.7 Å². The Labute approximate surface area is 230 Å². The monoisotopic (exact) mass is 545 g/mol. The Hall–Kier alpha value is -4.47. The van der Waals surface area contributed by atoms with Crippen LogP contribution in [0.2, 0.25) is 0 Å². The van der Waals surface area contributed by atoms with Gasteiger partial charge in [0, 0.05) is 23.5 Å². The van der Waals surface area contributed by atoms with Crippen LogP contribution < -0.4 is 10.9 Å². The number of ether oxygens (including phenoxy) is 2. The fraction of sp³-hybridized carbons (Fsp3) is 0.367. The Morgan fingerprint density at radius 3 is 2.62 bits per heavy atom. The molecule has 1 aliphatic carbocycles. The summed E-state index contributed by atoms with van der Waals surface area (Å²) in [6, 6.07) is 13.9. The number of hydrogen-bond donors (Lipinski definition) is 1. The summed E-state index contributed by atoms with van der Waals surface area (Å²) in [4.78, 5) is 51.3. The third-order valence-electron chi connectivity index (χ3n) is 7.39. The molecule has 1 saturated carbocycles. The fourth-order valence-corrected chi connectivity index (χ4v) is 5.56. The number of rotatable bonds is 8. The first-order valence-corrected chi connectivity index (χ1v) is 13.5. The first-order chi connectivity index (χ1) is 19.4. The number of fused-ring (bicyclic) bond motifs is 3. The Kier molecular flexibility index (Phi) is 7.95. The van der Waals surface area contributed by atoms with E-state index in [1.807, 2.05) is 18.2 Å². The van der Waals surface area contributed by atoms with Crippen molar-refractivity contribution in [3.05, 3.63) is 75.8 Å². The van der Waals surface area contributed by atoms with Gasteiger partial charge in [0.25, 0.3) is 11.5 Å². The van der Waals surface area contributed by atoms with Gasteiger partial charge in [-0.3, -0.25) is 9.59 Å². The number of amides is 1. The zero-order chi connectivity index (χ0) is 28.2. The average Bonchev–Trinajstić information content (AvgIpc) is 3.37. The number of esters is 2. The highest BCUT2D eigenvalue weighted by molar-refractivity contribution is 6.14. The summed E-state index contributed by atoms with van der Waals surface area (Å²) in [5.74, 6) is -0.977. The maximum atomic E-state index is 13.9. The van der Waals surface area contributed by atoms with Crippen molar-refractivity contribution in [1.29, 1.82) is 0 Å². The van der Waals surface area contributed by atoms with Crippen LogP contribution >= 0.6 is 0 Å². The van der Waals surface area contributed by atoms with Crippen molar-refractivity contribution in [3.63, 3.8) is 0 Å². The Morgan fingerprint density at radius 1 is 1.05 bits per heavy atom. The quantitative estimate of drug-likeness (QED) is 0.324. The summed E-state index contributed by atoms with van der Waals surface area (Å²) >= 11 is 0. The van der Waals surface area contributed by atoms with Crippen molar-refractivity contribution in [2.24, 2.45) is 5.92 Å². The predicted molar refractivity (Wildman–Crippen MR) is 147 cm³/mol. The number of nitrogens with zero attached hydrogens (tertiary/aromatic N) is 2. The summed E-state index contributed by atoms with van der Waals surface area (Å²) in [7, 11) is 0. The lowest BCUT2D eigenvalue weighted by molar-refractivity contribution is -0.146. The summed E-state index contributed by atoms with van der Waals surface area (Å²) in [5.41, 5.74) is 1.36. The van der Waals surface area contributed by atoms with Crippen LogP contribution in [0.25, 0.3) is 21.8 Å². The standard InChI is InChI=1S/C30H31N3O7/c1-3-38-24(34)17-39-30(37)22-13-8-14-23-26(22)27-25(18(2)40-32-27)29(36)33(23)21-12-7-9-19(15-21)16-31-28(35)20-10-5-4-6-11-20/h4-6,8,10-11,13-14,19,21H,3,7,9,12,15-17H2,1-2H3,(H,31,35). The van der Waals surface area contributed by atoms with Gasteiger partial charge in [-0.15, -0.1) is 0 Å². The molecule has 1 N–H and O–H groups in total. The molecule has 0 radical (unpaired) electrons. The third kappa shape index (κ3) is 5.34. The van der Waals surface area contributed by atoms with Crippen LogP contribution in [0.3, 0.4) is 0 Å². The SMILES string of the molecule is CCOC(=O)COC(=O)c1cccc2c1c1noc(C)c1c(=O)n2C1CCCC(CNC(=O)c2ccccc2)C1. The highest BCUT2D eigenvalue weighted by Gasteiger charge is 2.29. The van der Waals surface area contributed by atoms with E-state index in [2.05, 4.69) is 10.5 Å². The number of benzene rings is 2. The lowest BCUT2D eigenvalue weighted by Crippen LogP contribution is -2.35. The minimum atomic E-state index is -0.726. The van der Waals surface area contributed by atoms with Crippen LogP contribution in [0.5, 0.6) is 0 Å². The van der Waals surface area contributed by atoms with Gasteiger partial charge in [-0.25, -0.2) is 9.59 Å². The zero-order valence-corrected chi connectivity index (χ0v) is 22.5. The lowest BCUT2D eigenvalue weighted by Gasteiger charge is -2.31. The number of carbonyl (C=O) groups excluding carboxylic acids is 3. The number of nitrogens with one attached hydrogen (secondary N) is 1. The molecule has 2 aromatic heterocycles. The number of hydrogen-bond acceptors (Lipinski definition) is 8. The average molecular weight is 546 g/mol. The van der Waals surface area contributed by atoms with Gasteiger partial charge >= 0.3 is 11.9 Å². The normalized spacial score (nSPS) is 17.1. The largest absolute Gasteiger partial charge is 0.463 e. The molecule has 5 rings (SSSR count). The van der Waals surface area contributed by atoms with Crippen molar-refractivity contribution in [1.82, 2.24) is 15.0 Å². The molecule has 4 aromatic rings. The molecule has 0 bridgehead atoms. The van der Waals surface area contributed by atoms with Crippen LogP contribution in [-0.4, -0.2) is 47.3 Å². The fourth-order valence-electron chi connectivity index (χ4n) is 5.56. The maximum absolute atomic E-state index is 13.9. The smallest absolute Gasteiger partial charge is 0.344 e. The van der Waals surface area contributed by atoms with Gasteiger partial charge in [-0.05, 0) is 63.3 Å². The summed E-state index contributed by atoms with van der Waals surface area (Å²) in [6.07, 6.45) is 3.26. The summed E-state index contributed by atoms with van der Waals surface area (Å²) < 4.78 is 17.2. The van der Waals surface area contributed by atoms with Crippen LogP contribution in [0.4, 0.5) is 0 Å². The molecule has 0 aliphatic heterocycles. The van der Waals surface area contributed by atoms with E-state index in [0.717, 1.165) is 19.3 Å². The van der Waals surface area contributed by atoms with E-state index >= 15 is 0 Å². The van der Waals surface area contributed by atoms with E-state index in [1.165, 1.54) is 0 Å². The lowest BCUT2D eigenvalue weighted by atomic mass is 9.85. The molecule has 40 heavy (non-hydrogen) atoms. The minimum Gasteiger partial charge on any atom is -0.463 e. The molecule has 0 saturated heterocycles. The molecule has 0 spiro atoms.